The normalized spacial score (nSPS) is 13.5. The lowest BCUT2D eigenvalue weighted by molar-refractivity contribution is 0.393. The average molecular weight is 276 g/mol. The molecule has 20 heavy (non-hydrogen) atoms. The minimum atomic E-state index is 0.0851. The minimum absolute atomic E-state index is 0.0851. The van der Waals surface area contributed by atoms with Crippen LogP contribution in [0.1, 0.15) is 79.0 Å². The van der Waals surface area contributed by atoms with Crippen molar-refractivity contribution in [2.75, 3.05) is 7.11 Å². The first-order valence-corrected chi connectivity index (χ1v) is 7.52. The van der Waals surface area contributed by atoms with Crippen LogP contribution < -0.4 is 4.74 Å². The predicted molar refractivity (Wildman–Crippen MR) is 89.1 cm³/mol. The van der Waals surface area contributed by atoms with Gasteiger partial charge in [0.05, 0.1) is 7.11 Å². The van der Waals surface area contributed by atoms with Crippen LogP contribution in [-0.2, 0) is 16.2 Å². The number of benzene rings is 1. The van der Waals surface area contributed by atoms with E-state index in [1.54, 1.807) is 7.11 Å². The molecule has 1 nitrogen and oxygen atoms in total. The molecule has 0 radical (unpaired) electrons. The highest BCUT2D eigenvalue weighted by Crippen LogP contribution is 2.41. The Balaban J connectivity index is 3.72. The zero-order valence-corrected chi connectivity index (χ0v) is 15.1. The van der Waals surface area contributed by atoms with Crippen LogP contribution in [0.2, 0.25) is 0 Å². The second-order valence-electron chi connectivity index (χ2n) is 8.85. The van der Waals surface area contributed by atoms with Gasteiger partial charge in [-0.1, -0.05) is 68.4 Å². The van der Waals surface area contributed by atoms with Crippen LogP contribution in [0.3, 0.4) is 0 Å². The largest absolute Gasteiger partial charge is 0.496 e. The molecule has 0 bridgehead atoms. The maximum absolute atomic E-state index is 5.68. The zero-order valence-electron chi connectivity index (χ0n) is 15.1. The van der Waals surface area contributed by atoms with Gasteiger partial charge in [-0.25, -0.2) is 0 Å². The molecule has 0 aromatic heterocycles. The first-order chi connectivity index (χ1) is 8.78. The van der Waals surface area contributed by atoms with Crippen molar-refractivity contribution in [2.24, 2.45) is 0 Å². The molecule has 1 heteroatoms. The minimum Gasteiger partial charge on any atom is -0.496 e. The molecule has 0 aliphatic carbocycles. The van der Waals surface area contributed by atoms with Crippen LogP contribution in [-0.4, -0.2) is 7.11 Å². The lowest BCUT2D eigenvalue weighted by atomic mass is 9.72. The average Bonchev–Trinajstić information content (AvgIpc) is 2.23. The van der Waals surface area contributed by atoms with Crippen LogP contribution >= 0.6 is 0 Å². The van der Waals surface area contributed by atoms with Crippen molar-refractivity contribution in [1.82, 2.24) is 0 Å². The molecule has 0 spiro atoms. The van der Waals surface area contributed by atoms with Gasteiger partial charge in [0.25, 0.3) is 0 Å². The molecule has 0 aliphatic rings. The molecule has 0 saturated carbocycles. The fourth-order valence-corrected chi connectivity index (χ4v) is 2.58. The smallest absolute Gasteiger partial charge is 0.122 e. The number of hydrogen-bond acceptors (Lipinski definition) is 1. The molecular weight excluding hydrogens is 244 g/mol. The van der Waals surface area contributed by atoms with Crippen molar-refractivity contribution >= 4 is 0 Å². The van der Waals surface area contributed by atoms with E-state index in [0.29, 0.717) is 0 Å². The van der Waals surface area contributed by atoms with Crippen molar-refractivity contribution in [3.8, 4) is 5.75 Å². The summed E-state index contributed by atoms with van der Waals surface area (Å²) in [4.78, 5) is 0. The van der Waals surface area contributed by atoms with Crippen LogP contribution in [0.4, 0.5) is 0 Å². The predicted octanol–water partition coefficient (Wildman–Crippen LogP) is 5.59. The molecule has 0 amide bonds. The lowest BCUT2D eigenvalue weighted by Gasteiger charge is -2.33. The van der Waals surface area contributed by atoms with E-state index in [2.05, 4.69) is 74.4 Å². The lowest BCUT2D eigenvalue weighted by Crippen LogP contribution is -2.24. The van der Waals surface area contributed by atoms with Gasteiger partial charge in [0, 0.05) is 0 Å². The zero-order chi connectivity index (χ0) is 15.9. The van der Waals surface area contributed by atoms with E-state index in [4.69, 9.17) is 4.74 Å². The molecule has 0 atom stereocenters. The first-order valence-electron chi connectivity index (χ1n) is 7.52. The Kier molecular flexibility index (Phi) is 4.35. The molecule has 0 saturated heterocycles. The number of hydrogen-bond donors (Lipinski definition) is 0. The summed E-state index contributed by atoms with van der Waals surface area (Å²) in [6, 6.07) is 4.61. The van der Waals surface area contributed by atoms with Gasteiger partial charge in [0.1, 0.15) is 5.75 Å². The third kappa shape index (κ3) is 3.56. The molecule has 114 valence electrons. The Morgan fingerprint density at radius 3 is 1.25 bits per heavy atom. The van der Waals surface area contributed by atoms with E-state index < -0.39 is 0 Å². The number of rotatable bonds is 1. The van der Waals surface area contributed by atoms with Crippen molar-refractivity contribution < 1.29 is 4.74 Å². The van der Waals surface area contributed by atoms with Gasteiger partial charge in [-0.2, -0.15) is 0 Å². The standard InChI is InChI=1S/C19H32O/c1-17(2,3)13-11-15(19(7,8)9)16(20-10)12-14(13)18(4,5)6/h11-12H,1-10H3. The van der Waals surface area contributed by atoms with E-state index >= 15 is 0 Å². The van der Waals surface area contributed by atoms with Crippen LogP contribution in [0.25, 0.3) is 0 Å². The van der Waals surface area contributed by atoms with Gasteiger partial charge < -0.3 is 4.74 Å². The molecule has 1 aromatic carbocycles. The Labute approximate surface area is 125 Å². The monoisotopic (exact) mass is 276 g/mol. The van der Waals surface area contributed by atoms with Gasteiger partial charge in [0.2, 0.25) is 0 Å². The van der Waals surface area contributed by atoms with E-state index in [0.717, 1.165) is 5.75 Å². The molecule has 0 fully saturated rings. The molecule has 0 unspecified atom stereocenters. The summed E-state index contributed by atoms with van der Waals surface area (Å²) in [7, 11) is 1.77. The van der Waals surface area contributed by atoms with Crippen LogP contribution in [0.15, 0.2) is 12.1 Å². The van der Waals surface area contributed by atoms with E-state index in [1.807, 2.05) is 0 Å². The van der Waals surface area contributed by atoms with Gasteiger partial charge in [-0.05, 0) is 39.0 Å². The molecular formula is C19H32O. The van der Waals surface area contributed by atoms with Crippen LogP contribution in [0.5, 0.6) is 5.75 Å². The quantitative estimate of drug-likeness (QED) is 0.650. The summed E-state index contributed by atoms with van der Waals surface area (Å²) < 4.78 is 5.68. The number of methoxy groups -OCH3 is 1. The van der Waals surface area contributed by atoms with Crippen molar-refractivity contribution in [3.63, 3.8) is 0 Å². The van der Waals surface area contributed by atoms with Crippen molar-refractivity contribution in [2.45, 2.75) is 78.6 Å². The van der Waals surface area contributed by atoms with E-state index in [9.17, 15) is 0 Å². The van der Waals surface area contributed by atoms with Crippen molar-refractivity contribution in [3.05, 3.63) is 28.8 Å². The summed E-state index contributed by atoms with van der Waals surface area (Å²) in [5, 5.41) is 0. The summed E-state index contributed by atoms with van der Waals surface area (Å²) in [6.07, 6.45) is 0. The van der Waals surface area contributed by atoms with Gasteiger partial charge in [-0.3, -0.25) is 0 Å². The van der Waals surface area contributed by atoms with Gasteiger partial charge in [0.15, 0.2) is 0 Å². The third-order valence-electron chi connectivity index (χ3n) is 3.76. The van der Waals surface area contributed by atoms with Gasteiger partial charge in [-0.15, -0.1) is 0 Å². The molecule has 1 aromatic rings. The summed E-state index contributed by atoms with van der Waals surface area (Å²) in [6.45, 7) is 20.4. The molecule has 1 rings (SSSR count). The van der Waals surface area contributed by atoms with Gasteiger partial charge >= 0.3 is 0 Å². The highest BCUT2D eigenvalue weighted by Gasteiger charge is 2.29. The van der Waals surface area contributed by atoms with E-state index in [-0.39, 0.29) is 16.2 Å². The second-order valence-corrected chi connectivity index (χ2v) is 8.85. The molecule has 0 aliphatic heterocycles. The van der Waals surface area contributed by atoms with E-state index in [1.165, 1.54) is 16.7 Å². The summed E-state index contributed by atoms with van der Waals surface area (Å²) in [5.74, 6) is 1.01. The van der Waals surface area contributed by atoms with Crippen molar-refractivity contribution in [1.29, 1.82) is 0 Å². The number of ether oxygens (including phenoxy) is 1. The molecule has 0 N–H and O–H groups in total. The maximum atomic E-state index is 5.68. The Morgan fingerprint density at radius 1 is 0.600 bits per heavy atom. The highest BCUT2D eigenvalue weighted by atomic mass is 16.5. The molecule has 0 heterocycles. The Bertz CT molecular complexity index is 476. The fourth-order valence-electron chi connectivity index (χ4n) is 2.58. The topological polar surface area (TPSA) is 9.23 Å². The first kappa shape index (κ1) is 17.1. The third-order valence-corrected chi connectivity index (χ3v) is 3.76. The Hall–Kier alpha value is -0.980. The summed E-state index contributed by atoms with van der Waals surface area (Å²) in [5.41, 5.74) is 4.44. The second kappa shape index (κ2) is 5.09. The maximum Gasteiger partial charge on any atom is 0.122 e. The fraction of sp³-hybridized carbons (Fsp3) is 0.684. The van der Waals surface area contributed by atoms with Crippen LogP contribution in [0, 0.1) is 0 Å². The SMILES string of the molecule is COc1cc(C(C)(C)C)c(C(C)(C)C)cc1C(C)(C)C. The Morgan fingerprint density at radius 2 is 0.950 bits per heavy atom. The highest BCUT2D eigenvalue weighted by molar-refractivity contribution is 5.50. The summed E-state index contributed by atoms with van der Waals surface area (Å²) >= 11 is 0.